The van der Waals surface area contributed by atoms with E-state index in [9.17, 15) is 0 Å². The number of aryl methyl sites for hydroxylation is 1. The lowest BCUT2D eigenvalue weighted by molar-refractivity contribution is 0.269. The molecule has 21 heavy (non-hydrogen) atoms. The first-order valence-corrected chi connectivity index (χ1v) is 6.76. The van der Waals surface area contributed by atoms with Gasteiger partial charge in [-0.15, -0.1) is 0 Å². The number of methoxy groups -OCH3 is 2. The Morgan fingerprint density at radius 2 is 1.95 bits per heavy atom. The van der Waals surface area contributed by atoms with Crippen molar-refractivity contribution in [3.8, 4) is 11.5 Å². The van der Waals surface area contributed by atoms with Crippen LogP contribution in [0.4, 0.5) is 5.69 Å². The first-order chi connectivity index (χ1) is 10.2. The number of aromatic nitrogens is 2. The molecule has 0 spiro atoms. The molecule has 0 aliphatic rings. The van der Waals surface area contributed by atoms with E-state index in [1.54, 1.807) is 25.1 Å². The molecule has 0 radical (unpaired) electrons. The lowest BCUT2D eigenvalue weighted by Gasteiger charge is -2.13. The monoisotopic (exact) mass is 291 g/mol. The summed E-state index contributed by atoms with van der Waals surface area (Å²) in [5.74, 6) is 1.41. The number of hydrogen-bond donors (Lipinski definition) is 2. The van der Waals surface area contributed by atoms with Gasteiger partial charge in [0.15, 0.2) is 11.5 Å². The third-order valence-electron chi connectivity index (χ3n) is 3.23. The quantitative estimate of drug-likeness (QED) is 0.814. The predicted molar refractivity (Wildman–Crippen MR) is 80.9 cm³/mol. The molecule has 0 unspecified atom stereocenters. The number of nitrogens with one attached hydrogen (secondary N) is 1. The van der Waals surface area contributed by atoms with Crippen molar-refractivity contribution in [1.82, 2.24) is 9.78 Å². The van der Waals surface area contributed by atoms with Gasteiger partial charge in [0.05, 0.1) is 33.6 Å². The maximum absolute atomic E-state index is 8.88. The van der Waals surface area contributed by atoms with Crippen molar-refractivity contribution < 1.29 is 14.6 Å². The standard InChI is InChI=1S/C15H21N3O3/c1-11-6-14(20-2)15(21-3)7-13(11)16-8-12-9-17-18(10-12)4-5-19/h6-7,9-10,16,19H,4-5,8H2,1-3H3. The van der Waals surface area contributed by atoms with E-state index >= 15 is 0 Å². The second kappa shape index (κ2) is 6.99. The van der Waals surface area contributed by atoms with Crippen LogP contribution in [-0.2, 0) is 13.1 Å². The Balaban J connectivity index is 2.08. The predicted octanol–water partition coefficient (Wildman–Crippen LogP) is 1.81. The molecule has 6 heteroatoms. The zero-order chi connectivity index (χ0) is 15.2. The van der Waals surface area contributed by atoms with Crippen LogP contribution in [0.1, 0.15) is 11.1 Å². The number of aliphatic hydroxyl groups excluding tert-OH is 1. The van der Waals surface area contributed by atoms with Crippen LogP contribution in [0.5, 0.6) is 11.5 Å². The molecule has 2 N–H and O–H groups in total. The highest BCUT2D eigenvalue weighted by Crippen LogP contribution is 2.33. The second-order valence-electron chi connectivity index (χ2n) is 4.71. The summed E-state index contributed by atoms with van der Waals surface area (Å²) >= 11 is 0. The number of nitrogens with zero attached hydrogens (tertiary/aromatic N) is 2. The molecule has 0 fully saturated rings. The van der Waals surface area contributed by atoms with Gasteiger partial charge in [-0.2, -0.15) is 5.10 Å². The van der Waals surface area contributed by atoms with Crippen LogP contribution >= 0.6 is 0 Å². The van der Waals surface area contributed by atoms with Gasteiger partial charge in [-0.1, -0.05) is 0 Å². The minimum Gasteiger partial charge on any atom is -0.493 e. The van der Waals surface area contributed by atoms with Crippen molar-refractivity contribution >= 4 is 5.69 Å². The van der Waals surface area contributed by atoms with Gasteiger partial charge >= 0.3 is 0 Å². The molecule has 2 aromatic rings. The number of benzene rings is 1. The molecule has 0 saturated heterocycles. The van der Waals surface area contributed by atoms with E-state index in [0.29, 0.717) is 18.8 Å². The van der Waals surface area contributed by atoms with Crippen LogP contribution in [0.25, 0.3) is 0 Å². The first kappa shape index (κ1) is 15.2. The average molecular weight is 291 g/mol. The molecule has 0 aliphatic heterocycles. The van der Waals surface area contributed by atoms with E-state index in [-0.39, 0.29) is 6.61 Å². The van der Waals surface area contributed by atoms with Gasteiger partial charge in [-0.05, 0) is 18.6 Å². The molecule has 0 amide bonds. The van der Waals surface area contributed by atoms with Crippen molar-refractivity contribution in [1.29, 1.82) is 0 Å². The van der Waals surface area contributed by atoms with Crippen molar-refractivity contribution in [2.75, 3.05) is 26.1 Å². The van der Waals surface area contributed by atoms with Gasteiger partial charge in [0.1, 0.15) is 0 Å². The van der Waals surface area contributed by atoms with Crippen molar-refractivity contribution in [3.63, 3.8) is 0 Å². The lowest BCUT2D eigenvalue weighted by atomic mass is 10.1. The fourth-order valence-corrected chi connectivity index (χ4v) is 2.09. The maximum atomic E-state index is 8.88. The average Bonchev–Trinajstić information content (AvgIpc) is 2.93. The van der Waals surface area contributed by atoms with Gasteiger partial charge in [-0.25, -0.2) is 0 Å². The van der Waals surface area contributed by atoms with E-state index < -0.39 is 0 Å². The number of hydrogen-bond acceptors (Lipinski definition) is 5. The van der Waals surface area contributed by atoms with Crippen molar-refractivity contribution in [3.05, 3.63) is 35.7 Å². The van der Waals surface area contributed by atoms with E-state index in [0.717, 1.165) is 22.6 Å². The summed E-state index contributed by atoms with van der Waals surface area (Å²) in [6, 6.07) is 3.86. The second-order valence-corrected chi connectivity index (χ2v) is 4.71. The molecular formula is C15H21N3O3. The number of aliphatic hydroxyl groups is 1. The third-order valence-corrected chi connectivity index (χ3v) is 3.23. The van der Waals surface area contributed by atoms with Gasteiger partial charge in [0.2, 0.25) is 0 Å². The zero-order valence-corrected chi connectivity index (χ0v) is 12.6. The minimum atomic E-state index is 0.0866. The normalized spacial score (nSPS) is 10.5. The Labute approximate surface area is 124 Å². The van der Waals surface area contributed by atoms with Gasteiger partial charge in [0.25, 0.3) is 0 Å². The maximum Gasteiger partial charge on any atom is 0.162 e. The van der Waals surface area contributed by atoms with Crippen LogP contribution in [0.2, 0.25) is 0 Å². The molecule has 0 bridgehead atoms. The topological polar surface area (TPSA) is 68.5 Å². The van der Waals surface area contributed by atoms with Crippen molar-refractivity contribution in [2.45, 2.75) is 20.0 Å². The fraction of sp³-hybridized carbons (Fsp3) is 0.400. The van der Waals surface area contributed by atoms with Gasteiger partial charge in [-0.3, -0.25) is 4.68 Å². The Bertz CT molecular complexity index is 596. The molecule has 0 atom stereocenters. The molecule has 114 valence electrons. The number of ether oxygens (including phenoxy) is 2. The lowest BCUT2D eigenvalue weighted by Crippen LogP contribution is -2.03. The van der Waals surface area contributed by atoms with Crippen LogP contribution in [0, 0.1) is 6.92 Å². The highest BCUT2D eigenvalue weighted by molar-refractivity contribution is 5.60. The van der Waals surface area contributed by atoms with Crippen LogP contribution in [-0.4, -0.2) is 35.7 Å². The van der Waals surface area contributed by atoms with E-state index in [4.69, 9.17) is 14.6 Å². The smallest absolute Gasteiger partial charge is 0.162 e. The van der Waals surface area contributed by atoms with E-state index in [1.807, 2.05) is 25.3 Å². The SMILES string of the molecule is COc1cc(C)c(NCc2cnn(CCO)c2)cc1OC. The Morgan fingerprint density at radius 1 is 1.24 bits per heavy atom. The third kappa shape index (κ3) is 3.66. The zero-order valence-electron chi connectivity index (χ0n) is 12.6. The minimum absolute atomic E-state index is 0.0866. The van der Waals surface area contributed by atoms with Crippen LogP contribution in [0.3, 0.4) is 0 Å². The Kier molecular flexibility index (Phi) is 5.05. The summed E-state index contributed by atoms with van der Waals surface area (Å²) in [7, 11) is 3.25. The number of rotatable bonds is 7. The first-order valence-electron chi connectivity index (χ1n) is 6.76. The highest BCUT2D eigenvalue weighted by atomic mass is 16.5. The summed E-state index contributed by atoms with van der Waals surface area (Å²) < 4.78 is 12.3. The largest absolute Gasteiger partial charge is 0.493 e. The van der Waals surface area contributed by atoms with Gasteiger partial charge < -0.3 is 19.9 Å². The fourth-order valence-electron chi connectivity index (χ4n) is 2.09. The van der Waals surface area contributed by atoms with Gasteiger partial charge in [0, 0.05) is 30.1 Å². The summed E-state index contributed by atoms with van der Waals surface area (Å²) in [5, 5.41) is 16.4. The molecule has 0 aliphatic carbocycles. The molecule has 6 nitrogen and oxygen atoms in total. The molecule has 1 aromatic carbocycles. The van der Waals surface area contributed by atoms with E-state index in [2.05, 4.69) is 10.4 Å². The summed E-state index contributed by atoms with van der Waals surface area (Å²) in [4.78, 5) is 0. The summed E-state index contributed by atoms with van der Waals surface area (Å²) in [5.41, 5.74) is 3.12. The molecule has 1 aromatic heterocycles. The molecule has 1 heterocycles. The van der Waals surface area contributed by atoms with Crippen LogP contribution < -0.4 is 14.8 Å². The van der Waals surface area contributed by atoms with E-state index in [1.165, 1.54) is 0 Å². The highest BCUT2D eigenvalue weighted by Gasteiger charge is 2.08. The Hall–Kier alpha value is -2.21. The Morgan fingerprint density at radius 3 is 2.62 bits per heavy atom. The number of anilines is 1. The molecular weight excluding hydrogens is 270 g/mol. The molecule has 0 saturated carbocycles. The van der Waals surface area contributed by atoms with Crippen LogP contribution in [0.15, 0.2) is 24.5 Å². The summed E-state index contributed by atoms with van der Waals surface area (Å²) in [6.07, 6.45) is 3.71. The summed E-state index contributed by atoms with van der Waals surface area (Å²) in [6.45, 7) is 3.26. The van der Waals surface area contributed by atoms with Crippen molar-refractivity contribution in [2.24, 2.45) is 0 Å². The molecule has 2 rings (SSSR count).